The number of ether oxygens (including phenoxy) is 2. The predicted molar refractivity (Wildman–Crippen MR) is 76.7 cm³/mol. The lowest BCUT2D eigenvalue weighted by atomic mass is 10.1. The summed E-state index contributed by atoms with van der Waals surface area (Å²) >= 11 is 0. The van der Waals surface area contributed by atoms with Crippen molar-refractivity contribution in [3.05, 3.63) is 29.6 Å². The molecule has 1 amide bonds. The number of benzene rings is 1. The molecule has 1 fully saturated rings. The molecule has 1 heterocycles. The first-order valence-electron chi connectivity index (χ1n) is 7.05. The number of nitrogens with one attached hydrogen (secondary N) is 2. The van der Waals surface area contributed by atoms with E-state index < -0.39 is 0 Å². The van der Waals surface area contributed by atoms with Gasteiger partial charge in [-0.05, 0) is 25.1 Å². The number of carbonyl (C=O) groups excluding carboxylic acids is 1. The van der Waals surface area contributed by atoms with Crippen molar-refractivity contribution < 1.29 is 18.7 Å². The molecule has 0 radical (unpaired) electrons. The zero-order valence-corrected chi connectivity index (χ0v) is 12.3. The summed E-state index contributed by atoms with van der Waals surface area (Å²) in [5.41, 5.74) is 0.619. The standard InChI is InChI=1S/C15H21FN2O3/c1-10(13-7-11(16)3-4-14(13)20-2)18-15(19)8-12-9-17-5-6-21-12/h3-4,7,10,12,17H,5-6,8-9H2,1-2H3,(H,18,19). The Morgan fingerprint density at radius 1 is 1.62 bits per heavy atom. The molecule has 1 saturated heterocycles. The van der Waals surface area contributed by atoms with Crippen LogP contribution in [0.2, 0.25) is 0 Å². The van der Waals surface area contributed by atoms with E-state index in [9.17, 15) is 9.18 Å². The first kappa shape index (κ1) is 15.7. The molecule has 2 rings (SSSR count). The first-order chi connectivity index (χ1) is 10.1. The molecule has 0 saturated carbocycles. The first-order valence-corrected chi connectivity index (χ1v) is 7.05. The zero-order chi connectivity index (χ0) is 15.2. The highest BCUT2D eigenvalue weighted by atomic mass is 19.1. The SMILES string of the molecule is COc1ccc(F)cc1C(C)NC(=O)CC1CNCCO1. The Morgan fingerprint density at radius 2 is 2.43 bits per heavy atom. The summed E-state index contributed by atoms with van der Waals surface area (Å²) in [4.78, 5) is 12.0. The number of morpholine rings is 1. The van der Waals surface area contributed by atoms with E-state index in [1.54, 1.807) is 13.0 Å². The van der Waals surface area contributed by atoms with Gasteiger partial charge in [-0.1, -0.05) is 0 Å². The van der Waals surface area contributed by atoms with Gasteiger partial charge in [0.2, 0.25) is 5.91 Å². The Balaban J connectivity index is 1.95. The van der Waals surface area contributed by atoms with Gasteiger partial charge in [-0.15, -0.1) is 0 Å². The normalized spacial score (nSPS) is 19.9. The van der Waals surface area contributed by atoms with Gasteiger partial charge >= 0.3 is 0 Å². The number of carbonyl (C=O) groups is 1. The van der Waals surface area contributed by atoms with E-state index in [1.807, 2.05) is 0 Å². The number of hydrogen-bond acceptors (Lipinski definition) is 4. The molecular weight excluding hydrogens is 275 g/mol. The Labute approximate surface area is 123 Å². The van der Waals surface area contributed by atoms with E-state index >= 15 is 0 Å². The number of rotatable bonds is 5. The van der Waals surface area contributed by atoms with E-state index in [1.165, 1.54) is 19.2 Å². The maximum atomic E-state index is 13.4. The van der Waals surface area contributed by atoms with E-state index in [0.29, 0.717) is 24.5 Å². The van der Waals surface area contributed by atoms with Gasteiger partial charge in [0.05, 0.1) is 32.3 Å². The van der Waals surface area contributed by atoms with Crippen LogP contribution >= 0.6 is 0 Å². The zero-order valence-electron chi connectivity index (χ0n) is 12.3. The van der Waals surface area contributed by atoms with Crippen molar-refractivity contribution >= 4 is 5.91 Å². The minimum Gasteiger partial charge on any atom is -0.496 e. The van der Waals surface area contributed by atoms with Crippen molar-refractivity contribution in [1.82, 2.24) is 10.6 Å². The highest BCUT2D eigenvalue weighted by Gasteiger charge is 2.20. The molecule has 0 spiro atoms. The largest absolute Gasteiger partial charge is 0.496 e. The van der Waals surface area contributed by atoms with Gasteiger partial charge in [0.1, 0.15) is 11.6 Å². The molecule has 0 aromatic heterocycles. The molecule has 6 heteroatoms. The van der Waals surface area contributed by atoms with Crippen molar-refractivity contribution in [2.45, 2.75) is 25.5 Å². The van der Waals surface area contributed by atoms with Crippen LogP contribution in [0, 0.1) is 5.82 Å². The summed E-state index contributed by atoms with van der Waals surface area (Å²) in [6, 6.07) is 3.93. The molecule has 0 aliphatic carbocycles. The second-order valence-electron chi connectivity index (χ2n) is 5.08. The molecular formula is C15H21FN2O3. The van der Waals surface area contributed by atoms with Crippen LogP contribution in [0.1, 0.15) is 24.9 Å². The van der Waals surface area contributed by atoms with E-state index in [4.69, 9.17) is 9.47 Å². The third-order valence-electron chi connectivity index (χ3n) is 3.45. The van der Waals surface area contributed by atoms with Crippen LogP contribution in [0.5, 0.6) is 5.75 Å². The van der Waals surface area contributed by atoms with Gasteiger partial charge in [0.15, 0.2) is 0 Å². The van der Waals surface area contributed by atoms with Crippen LogP contribution in [0.15, 0.2) is 18.2 Å². The van der Waals surface area contributed by atoms with Gasteiger partial charge < -0.3 is 20.1 Å². The lowest BCUT2D eigenvalue weighted by molar-refractivity contribution is -0.125. The molecule has 2 unspecified atom stereocenters. The molecule has 1 aliphatic heterocycles. The van der Waals surface area contributed by atoms with Crippen molar-refractivity contribution in [3.63, 3.8) is 0 Å². The molecule has 5 nitrogen and oxygen atoms in total. The quantitative estimate of drug-likeness (QED) is 0.862. The molecule has 0 bridgehead atoms. The highest BCUT2D eigenvalue weighted by molar-refractivity contribution is 5.77. The van der Waals surface area contributed by atoms with Gasteiger partial charge in [0.25, 0.3) is 0 Å². The Bertz CT molecular complexity index is 490. The third kappa shape index (κ3) is 4.41. The second kappa shape index (κ2) is 7.38. The third-order valence-corrected chi connectivity index (χ3v) is 3.45. The van der Waals surface area contributed by atoms with Crippen molar-refractivity contribution in [3.8, 4) is 5.75 Å². The maximum absolute atomic E-state index is 13.4. The van der Waals surface area contributed by atoms with Crippen molar-refractivity contribution in [2.24, 2.45) is 0 Å². The average Bonchev–Trinajstić information content (AvgIpc) is 2.48. The van der Waals surface area contributed by atoms with Crippen LogP contribution in [0.25, 0.3) is 0 Å². The molecule has 2 atom stereocenters. The fourth-order valence-corrected chi connectivity index (χ4v) is 2.38. The summed E-state index contributed by atoms with van der Waals surface area (Å²) in [6.45, 7) is 3.90. The minimum atomic E-state index is -0.355. The number of methoxy groups -OCH3 is 1. The van der Waals surface area contributed by atoms with Crippen molar-refractivity contribution in [1.29, 1.82) is 0 Å². The lowest BCUT2D eigenvalue weighted by Gasteiger charge is -2.24. The average molecular weight is 296 g/mol. The van der Waals surface area contributed by atoms with Crippen LogP contribution in [0.3, 0.4) is 0 Å². The number of hydrogen-bond donors (Lipinski definition) is 2. The Hall–Kier alpha value is -1.66. The van der Waals surface area contributed by atoms with Crippen LogP contribution < -0.4 is 15.4 Å². The molecule has 116 valence electrons. The second-order valence-corrected chi connectivity index (χ2v) is 5.08. The molecule has 1 aliphatic rings. The Morgan fingerprint density at radius 3 is 3.10 bits per heavy atom. The smallest absolute Gasteiger partial charge is 0.223 e. The fourth-order valence-electron chi connectivity index (χ4n) is 2.38. The molecule has 2 N–H and O–H groups in total. The summed E-state index contributed by atoms with van der Waals surface area (Å²) in [5.74, 6) is 0.0778. The van der Waals surface area contributed by atoms with Crippen molar-refractivity contribution in [2.75, 3.05) is 26.8 Å². The topological polar surface area (TPSA) is 59.6 Å². The molecule has 1 aromatic carbocycles. The molecule has 21 heavy (non-hydrogen) atoms. The number of amides is 1. The summed E-state index contributed by atoms with van der Waals surface area (Å²) in [5, 5.41) is 6.03. The van der Waals surface area contributed by atoms with E-state index in [2.05, 4.69) is 10.6 Å². The number of halogens is 1. The van der Waals surface area contributed by atoms with Crippen LogP contribution in [-0.4, -0.2) is 38.8 Å². The molecule has 1 aromatic rings. The fraction of sp³-hybridized carbons (Fsp3) is 0.533. The predicted octanol–water partition coefficient (Wildman–Crippen LogP) is 1.39. The van der Waals surface area contributed by atoms with Gasteiger partial charge in [-0.25, -0.2) is 4.39 Å². The van der Waals surface area contributed by atoms with Crippen LogP contribution in [-0.2, 0) is 9.53 Å². The van der Waals surface area contributed by atoms with Gasteiger partial charge in [0, 0.05) is 18.7 Å². The summed E-state index contributed by atoms with van der Waals surface area (Å²) in [6.07, 6.45) is 0.176. The van der Waals surface area contributed by atoms with Gasteiger partial charge in [-0.2, -0.15) is 0 Å². The highest BCUT2D eigenvalue weighted by Crippen LogP contribution is 2.25. The monoisotopic (exact) mass is 296 g/mol. The minimum absolute atomic E-state index is 0.111. The van der Waals surface area contributed by atoms with Crippen LogP contribution in [0.4, 0.5) is 4.39 Å². The summed E-state index contributed by atoms with van der Waals surface area (Å²) < 4.78 is 24.0. The summed E-state index contributed by atoms with van der Waals surface area (Å²) in [7, 11) is 1.52. The lowest BCUT2D eigenvalue weighted by Crippen LogP contribution is -2.41. The van der Waals surface area contributed by atoms with Gasteiger partial charge in [-0.3, -0.25) is 4.79 Å². The van der Waals surface area contributed by atoms with E-state index in [0.717, 1.165) is 6.54 Å². The Kier molecular flexibility index (Phi) is 5.52. The maximum Gasteiger partial charge on any atom is 0.223 e. The van der Waals surface area contributed by atoms with E-state index in [-0.39, 0.29) is 30.3 Å².